The summed E-state index contributed by atoms with van der Waals surface area (Å²) >= 11 is 4.37. The van der Waals surface area contributed by atoms with E-state index in [9.17, 15) is 4.20 Å². The first-order valence-electron chi connectivity index (χ1n) is 2.73. The fraction of sp³-hybridized carbons (Fsp3) is 1.00. The molecule has 0 bridgehead atoms. The van der Waals surface area contributed by atoms with Gasteiger partial charge in [0, 0.05) is 0 Å². The zero-order valence-corrected chi connectivity index (χ0v) is 6.75. The molecule has 54 valence electrons. The quantitative estimate of drug-likeness (QED) is 0.518. The molecule has 1 fully saturated rings. The molecule has 1 aliphatic heterocycles. The van der Waals surface area contributed by atoms with Crippen molar-refractivity contribution in [3.63, 3.8) is 0 Å². The molecule has 0 amide bonds. The Hall–Kier alpha value is 0.500. The third-order valence-corrected chi connectivity index (χ3v) is 2.75. The Labute approximate surface area is 58.6 Å². The largest absolute Gasteiger partial charge is 0.366 e. The predicted octanol–water partition coefficient (Wildman–Crippen LogP) is 2.01. The highest BCUT2D eigenvalue weighted by Crippen LogP contribution is 2.54. The van der Waals surface area contributed by atoms with Crippen molar-refractivity contribution in [2.24, 2.45) is 0 Å². The Morgan fingerprint density at radius 3 is 2.78 bits per heavy atom. The summed E-state index contributed by atoms with van der Waals surface area (Å²) < 4.78 is 21.9. The van der Waals surface area contributed by atoms with Gasteiger partial charge >= 0.3 is 6.80 Å². The molecule has 1 aliphatic rings. The van der Waals surface area contributed by atoms with Crippen molar-refractivity contribution >= 4 is 18.6 Å². The fourth-order valence-electron chi connectivity index (χ4n) is 0.626. The summed E-state index contributed by atoms with van der Waals surface area (Å²) in [6.45, 7) is -1.12. The molecule has 0 aliphatic carbocycles. The molecule has 1 rings (SSSR count). The molecule has 0 aromatic carbocycles. The second-order valence-electron chi connectivity index (χ2n) is 1.97. The molecule has 0 radical (unpaired) electrons. The maximum atomic E-state index is 12.6. The van der Waals surface area contributed by atoms with Gasteiger partial charge in [0.2, 0.25) is 0 Å². The summed E-state index contributed by atoms with van der Waals surface area (Å²) in [5.74, 6) is 0. The average molecular weight is 170 g/mol. The van der Waals surface area contributed by atoms with Gasteiger partial charge in [-0.1, -0.05) is 0 Å². The predicted molar refractivity (Wildman–Crippen MR) is 36.5 cm³/mol. The number of hydrogen-bond donors (Lipinski definition) is 0. The third-order valence-electron chi connectivity index (χ3n) is 1.08. The van der Waals surface area contributed by atoms with Crippen molar-refractivity contribution in [3.05, 3.63) is 0 Å². The highest BCUT2D eigenvalue weighted by atomic mass is 32.5. The van der Waals surface area contributed by atoms with Gasteiger partial charge in [-0.05, 0) is 25.2 Å². The van der Waals surface area contributed by atoms with Gasteiger partial charge in [0.15, 0.2) is 0 Å². The topological polar surface area (TPSA) is 18.5 Å². The molecule has 0 saturated carbocycles. The molecule has 0 aromatic heterocycles. The number of rotatable bonds is 0. The highest BCUT2D eigenvalue weighted by Gasteiger charge is 2.26. The number of halogens is 1. The third kappa shape index (κ3) is 2.30. The van der Waals surface area contributed by atoms with Crippen LogP contribution in [-0.4, -0.2) is 12.7 Å². The van der Waals surface area contributed by atoms with Gasteiger partial charge in [-0.2, -0.15) is 4.20 Å². The smallest absolute Gasteiger partial charge is 0.305 e. The van der Waals surface area contributed by atoms with Crippen LogP contribution in [0, 0.1) is 0 Å². The van der Waals surface area contributed by atoms with E-state index in [1.807, 2.05) is 0 Å². The monoisotopic (exact) mass is 170 g/mol. The minimum atomic E-state index is -3.31. The maximum absolute atomic E-state index is 12.6. The van der Waals surface area contributed by atoms with E-state index < -0.39 is 6.80 Å². The van der Waals surface area contributed by atoms with Gasteiger partial charge in [-0.3, -0.25) is 0 Å². The molecular formula is C4H8FO2PS. The standard InChI is InChI=1S/C4H8FO2PS/c1-4-2-3-6-8(5,9)7-4/h4H,2-3H2,1H3/t4-,8+/m0/s1. The Bertz CT molecular complexity index is 152. The minimum absolute atomic E-state index is 0.0745. The van der Waals surface area contributed by atoms with Crippen LogP contribution in [-0.2, 0) is 20.9 Å². The maximum Gasteiger partial charge on any atom is 0.366 e. The normalized spacial score (nSPS) is 44.9. The Balaban J connectivity index is 2.51. The molecular weight excluding hydrogens is 162 g/mol. The second kappa shape index (κ2) is 2.62. The first-order chi connectivity index (χ1) is 4.10. The minimum Gasteiger partial charge on any atom is -0.305 e. The van der Waals surface area contributed by atoms with Crippen molar-refractivity contribution in [1.82, 2.24) is 0 Å². The Kier molecular flexibility index (Phi) is 2.22. The van der Waals surface area contributed by atoms with E-state index in [0.29, 0.717) is 6.61 Å². The molecule has 1 heterocycles. The summed E-state index contributed by atoms with van der Waals surface area (Å²) in [5, 5.41) is 0. The number of hydrogen-bond acceptors (Lipinski definition) is 3. The molecule has 0 N–H and O–H groups in total. The lowest BCUT2D eigenvalue weighted by molar-refractivity contribution is 0.101. The van der Waals surface area contributed by atoms with Crippen molar-refractivity contribution < 1.29 is 13.2 Å². The molecule has 1 saturated heterocycles. The summed E-state index contributed by atoms with van der Waals surface area (Å²) in [6, 6.07) is 0. The summed E-state index contributed by atoms with van der Waals surface area (Å²) in [6.07, 6.45) is 0.664. The molecule has 0 aromatic rings. The van der Waals surface area contributed by atoms with Gasteiger partial charge in [0.25, 0.3) is 0 Å². The summed E-state index contributed by atoms with van der Waals surface area (Å²) in [7, 11) is 0. The SMILES string of the molecule is C[C@H]1CCO[P@@](F)(=S)O1. The van der Waals surface area contributed by atoms with E-state index >= 15 is 0 Å². The van der Waals surface area contributed by atoms with E-state index in [2.05, 4.69) is 16.3 Å². The van der Waals surface area contributed by atoms with Crippen LogP contribution in [0.4, 0.5) is 4.20 Å². The average Bonchev–Trinajstić information content (AvgIpc) is 1.60. The van der Waals surface area contributed by atoms with Gasteiger partial charge in [-0.25, -0.2) is 0 Å². The van der Waals surface area contributed by atoms with Crippen LogP contribution >= 0.6 is 6.80 Å². The van der Waals surface area contributed by atoms with Crippen LogP contribution in [0.5, 0.6) is 0 Å². The van der Waals surface area contributed by atoms with Crippen molar-refractivity contribution in [2.75, 3.05) is 6.61 Å². The highest BCUT2D eigenvalue weighted by molar-refractivity contribution is 8.07. The molecule has 2 atom stereocenters. The zero-order valence-electron chi connectivity index (χ0n) is 5.04. The van der Waals surface area contributed by atoms with Crippen LogP contribution < -0.4 is 0 Å². The zero-order chi connectivity index (χ0) is 6.91. The molecule has 5 heteroatoms. The van der Waals surface area contributed by atoms with Crippen LogP contribution in [0.2, 0.25) is 0 Å². The molecule has 0 spiro atoms. The molecule has 0 unspecified atom stereocenters. The van der Waals surface area contributed by atoms with Crippen LogP contribution in [0.15, 0.2) is 0 Å². The lowest BCUT2D eigenvalue weighted by atomic mass is 10.3. The van der Waals surface area contributed by atoms with Crippen LogP contribution in [0.3, 0.4) is 0 Å². The van der Waals surface area contributed by atoms with Crippen molar-refractivity contribution in [1.29, 1.82) is 0 Å². The van der Waals surface area contributed by atoms with Crippen LogP contribution in [0.1, 0.15) is 13.3 Å². The van der Waals surface area contributed by atoms with E-state index in [4.69, 9.17) is 4.52 Å². The van der Waals surface area contributed by atoms with E-state index in [1.54, 1.807) is 6.92 Å². The van der Waals surface area contributed by atoms with Crippen molar-refractivity contribution in [3.8, 4) is 0 Å². The lowest BCUT2D eigenvalue weighted by Gasteiger charge is -2.23. The first kappa shape index (κ1) is 7.61. The molecule has 9 heavy (non-hydrogen) atoms. The fourth-order valence-corrected chi connectivity index (χ4v) is 2.21. The summed E-state index contributed by atoms with van der Waals surface area (Å²) in [4.78, 5) is 0. The molecule has 2 nitrogen and oxygen atoms in total. The van der Waals surface area contributed by atoms with Gasteiger partial charge < -0.3 is 9.05 Å². The van der Waals surface area contributed by atoms with Crippen LogP contribution in [0.25, 0.3) is 0 Å². The van der Waals surface area contributed by atoms with E-state index in [-0.39, 0.29) is 6.10 Å². The Morgan fingerprint density at radius 2 is 2.44 bits per heavy atom. The van der Waals surface area contributed by atoms with Gasteiger partial charge in [-0.15, -0.1) is 0 Å². The van der Waals surface area contributed by atoms with Gasteiger partial charge in [0.1, 0.15) is 0 Å². The first-order valence-corrected chi connectivity index (χ1v) is 5.26. The van der Waals surface area contributed by atoms with Crippen molar-refractivity contribution in [2.45, 2.75) is 19.4 Å². The van der Waals surface area contributed by atoms with Gasteiger partial charge in [0.05, 0.1) is 12.7 Å². The second-order valence-corrected chi connectivity index (χ2v) is 4.61. The lowest BCUT2D eigenvalue weighted by Crippen LogP contribution is -2.14. The van der Waals surface area contributed by atoms with E-state index in [1.165, 1.54) is 0 Å². The Morgan fingerprint density at radius 1 is 1.78 bits per heavy atom. The summed E-state index contributed by atoms with van der Waals surface area (Å²) in [5.41, 5.74) is 0. The van der Waals surface area contributed by atoms with E-state index in [0.717, 1.165) is 6.42 Å².